The molecule has 8 aromatic rings. The molecule has 8 aromatic carbocycles. The van der Waals surface area contributed by atoms with Gasteiger partial charge in [-0.15, -0.1) is 0 Å². The van der Waals surface area contributed by atoms with Crippen LogP contribution in [0.1, 0.15) is 44.5 Å². The maximum atomic E-state index is 7.16. The van der Waals surface area contributed by atoms with E-state index in [-0.39, 0.29) is 0 Å². The van der Waals surface area contributed by atoms with Crippen LogP contribution in [0, 0.1) is 27.7 Å². The van der Waals surface area contributed by atoms with Crippen LogP contribution in [0.2, 0.25) is 0 Å². The molecule has 2 aliphatic rings. The highest BCUT2D eigenvalue weighted by atomic mass is 31.2. The van der Waals surface area contributed by atoms with Gasteiger partial charge in [-0.3, -0.25) is 0 Å². The standard InChI is InChI=1S/C53H42O6P2/c1-35-19-5-13-29-45(35)54-60(55-46-30-14-6-20-36(46)2)58-49-33-17-25-41-39-23-9-11-27-43(39)53(51(41)49)44-28-12-10-24-40(44)42-26-18-34-50(52(42)53)59-61(56-47-31-15-7-21-37(47)3)57-48-32-16-8-22-38(48)4/h5-34H,1-4H3. The van der Waals surface area contributed by atoms with E-state index < -0.39 is 22.6 Å². The van der Waals surface area contributed by atoms with E-state index in [1.807, 2.05) is 137 Å². The first-order valence-corrected chi connectivity index (χ1v) is 22.5. The van der Waals surface area contributed by atoms with E-state index in [9.17, 15) is 0 Å². The molecule has 0 fully saturated rings. The number of fused-ring (bicyclic) bond motifs is 10. The maximum Gasteiger partial charge on any atom is 0.530 e. The second-order valence-electron chi connectivity index (χ2n) is 15.3. The molecule has 0 N–H and O–H groups in total. The van der Waals surface area contributed by atoms with Crippen molar-refractivity contribution < 1.29 is 27.1 Å². The smallest absolute Gasteiger partial charge is 0.408 e. The van der Waals surface area contributed by atoms with Gasteiger partial charge in [0.25, 0.3) is 0 Å². The van der Waals surface area contributed by atoms with Crippen LogP contribution in [0.5, 0.6) is 34.5 Å². The summed E-state index contributed by atoms with van der Waals surface area (Å²) in [5.41, 5.74) is 11.6. The Hall–Kier alpha value is -6.58. The largest absolute Gasteiger partial charge is 0.530 e. The van der Waals surface area contributed by atoms with Crippen molar-refractivity contribution in [2.75, 3.05) is 0 Å². The molecule has 10 rings (SSSR count). The Balaban J connectivity index is 1.16. The lowest BCUT2D eigenvalue weighted by Crippen LogP contribution is -2.27. The first-order valence-electron chi connectivity index (χ1n) is 20.3. The van der Waals surface area contributed by atoms with Crippen molar-refractivity contribution in [2.45, 2.75) is 33.1 Å². The molecular formula is C53H42O6P2. The summed E-state index contributed by atoms with van der Waals surface area (Å²) in [5, 5.41) is 0. The second kappa shape index (κ2) is 16.1. The minimum atomic E-state index is -2.02. The fourth-order valence-corrected chi connectivity index (χ4v) is 10.9. The number of rotatable bonds is 12. The van der Waals surface area contributed by atoms with Crippen molar-refractivity contribution in [3.8, 4) is 56.8 Å². The molecule has 8 heteroatoms. The molecule has 61 heavy (non-hydrogen) atoms. The van der Waals surface area contributed by atoms with Crippen LogP contribution in [0.3, 0.4) is 0 Å². The number of aryl methyl sites for hydroxylation is 4. The van der Waals surface area contributed by atoms with E-state index in [1.165, 1.54) is 0 Å². The zero-order valence-electron chi connectivity index (χ0n) is 34.2. The Labute approximate surface area is 359 Å². The van der Waals surface area contributed by atoms with Crippen LogP contribution in [0.4, 0.5) is 0 Å². The molecule has 0 heterocycles. The molecule has 300 valence electrons. The topological polar surface area (TPSA) is 55.4 Å². The first-order chi connectivity index (χ1) is 29.9. The quantitative estimate of drug-likeness (QED) is 0.114. The predicted molar refractivity (Wildman–Crippen MR) is 245 cm³/mol. The summed E-state index contributed by atoms with van der Waals surface area (Å²) in [6, 6.07) is 61.5. The Kier molecular flexibility index (Phi) is 10.2. The molecule has 0 aromatic heterocycles. The van der Waals surface area contributed by atoms with Gasteiger partial charge in [0, 0.05) is 11.1 Å². The fraction of sp³-hybridized carbons (Fsp3) is 0.0943. The molecule has 0 amide bonds. The van der Waals surface area contributed by atoms with E-state index in [2.05, 4.69) is 72.8 Å². The number of para-hydroxylation sites is 4. The highest BCUT2D eigenvalue weighted by Gasteiger charge is 2.55. The minimum absolute atomic E-state index is 0.647. The molecule has 1 spiro atoms. The van der Waals surface area contributed by atoms with Crippen LogP contribution >= 0.6 is 17.2 Å². The van der Waals surface area contributed by atoms with Crippen molar-refractivity contribution in [1.29, 1.82) is 0 Å². The monoisotopic (exact) mass is 836 g/mol. The molecule has 0 unspecified atom stereocenters. The molecule has 0 aliphatic heterocycles. The van der Waals surface area contributed by atoms with Gasteiger partial charge in [0.2, 0.25) is 0 Å². The zero-order chi connectivity index (χ0) is 41.5. The van der Waals surface area contributed by atoms with E-state index in [0.717, 1.165) is 66.8 Å². The third-order valence-corrected chi connectivity index (χ3v) is 13.5. The van der Waals surface area contributed by atoms with Gasteiger partial charge in [0.15, 0.2) is 0 Å². The third kappa shape index (κ3) is 6.87. The van der Waals surface area contributed by atoms with Crippen LogP contribution in [-0.2, 0) is 5.41 Å². The molecule has 0 saturated carbocycles. The highest BCUT2D eigenvalue weighted by molar-refractivity contribution is 7.43. The zero-order valence-corrected chi connectivity index (χ0v) is 36.0. The van der Waals surface area contributed by atoms with E-state index in [4.69, 9.17) is 27.1 Å². The summed E-state index contributed by atoms with van der Waals surface area (Å²) >= 11 is 0. The van der Waals surface area contributed by atoms with Gasteiger partial charge in [-0.1, -0.05) is 146 Å². The number of hydrogen-bond acceptors (Lipinski definition) is 6. The lowest BCUT2D eigenvalue weighted by atomic mass is 9.70. The lowest BCUT2D eigenvalue weighted by molar-refractivity contribution is 0.381. The first kappa shape index (κ1) is 38.6. The van der Waals surface area contributed by atoms with Crippen LogP contribution < -0.4 is 27.1 Å². The van der Waals surface area contributed by atoms with Gasteiger partial charge in [0.1, 0.15) is 34.5 Å². The van der Waals surface area contributed by atoms with Gasteiger partial charge >= 0.3 is 17.2 Å². The van der Waals surface area contributed by atoms with Crippen molar-refractivity contribution in [1.82, 2.24) is 0 Å². The Bertz CT molecular complexity index is 2630. The summed E-state index contributed by atoms with van der Waals surface area (Å²) in [6.07, 6.45) is 0. The van der Waals surface area contributed by atoms with Gasteiger partial charge < -0.3 is 27.1 Å². The van der Waals surface area contributed by atoms with Gasteiger partial charge in [-0.2, -0.15) is 0 Å². The van der Waals surface area contributed by atoms with Crippen molar-refractivity contribution >= 4 is 17.2 Å². The van der Waals surface area contributed by atoms with Crippen LogP contribution in [0.15, 0.2) is 182 Å². The van der Waals surface area contributed by atoms with Gasteiger partial charge in [-0.25, -0.2) is 0 Å². The van der Waals surface area contributed by atoms with Crippen molar-refractivity contribution in [3.63, 3.8) is 0 Å². The van der Waals surface area contributed by atoms with Gasteiger partial charge in [-0.05, 0) is 120 Å². The number of benzene rings is 8. The van der Waals surface area contributed by atoms with Crippen LogP contribution in [-0.4, -0.2) is 0 Å². The molecule has 0 radical (unpaired) electrons. The molecule has 6 nitrogen and oxygen atoms in total. The minimum Gasteiger partial charge on any atom is -0.408 e. The van der Waals surface area contributed by atoms with E-state index >= 15 is 0 Å². The summed E-state index contributed by atoms with van der Waals surface area (Å²) in [6.45, 7) is 8.10. The summed E-state index contributed by atoms with van der Waals surface area (Å²) in [7, 11) is -4.05. The van der Waals surface area contributed by atoms with Gasteiger partial charge in [0.05, 0.1) is 5.41 Å². The average molecular weight is 837 g/mol. The Morgan fingerprint density at radius 3 is 0.885 bits per heavy atom. The Morgan fingerprint density at radius 1 is 0.279 bits per heavy atom. The van der Waals surface area contributed by atoms with E-state index in [0.29, 0.717) is 34.5 Å². The van der Waals surface area contributed by atoms with Crippen LogP contribution in [0.25, 0.3) is 22.3 Å². The van der Waals surface area contributed by atoms with Crippen molar-refractivity contribution in [3.05, 3.63) is 226 Å². The van der Waals surface area contributed by atoms with E-state index in [1.54, 1.807) is 0 Å². The molecule has 0 atom stereocenters. The fourth-order valence-electron chi connectivity index (χ4n) is 8.56. The Morgan fingerprint density at radius 2 is 0.541 bits per heavy atom. The second-order valence-corrected chi connectivity index (χ2v) is 17.2. The summed E-state index contributed by atoms with van der Waals surface area (Å²) < 4.78 is 41.2. The maximum absolute atomic E-state index is 7.16. The SMILES string of the molecule is Cc1ccccc1OP(Oc1ccccc1C)Oc1cccc2c1C1(c3ccccc3-2)c2ccccc2-c2cccc(OP(Oc3ccccc3C)Oc3ccccc3C)c21. The highest BCUT2D eigenvalue weighted by Crippen LogP contribution is 2.67. The summed E-state index contributed by atoms with van der Waals surface area (Å²) in [4.78, 5) is 0. The molecule has 2 aliphatic carbocycles. The van der Waals surface area contributed by atoms with Crippen molar-refractivity contribution in [2.24, 2.45) is 0 Å². The predicted octanol–water partition coefficient (Wildman–Crippen LogP) is 14.8. The normalized spacial score (nSPS) is 12.7. The third-order valence-electron chi connectivity index (χ3n) is 11.5. The molecular weight excluding hydrogens is 795 g/mol. The molecule has 0 saturated heterocycles. The number of hydrogen-bond donors (Lipinski definition) is 0. The molecule has 0 bridgehead atoms. The summed E-state index contributed by atoms with van der Waals surface area (Å²) in [5.74, 6) is 4.06. The lowest BCUT2D eigenvalue weighted by Gasteiger charge is -2.33. The average Bonchev–Trinajstić information content (AvgIpc) is 3.75.